The molecule has 0 aliphatic heterocycles. The lowest BCUT2D eigenvalue weighted by molar-refractivity contribution is 0.104. The summed E-state index contributed by atoms with van der Waals surface area (Å²) >= 11 is 6.00. The van der Waals surface area contributed by atoms with Gasteiger partial charge in [0, 0.05) is 11.1 Å². The molecule has 0 aliphatic rings. The topological polar surface area (TPSA) is 26.3 Å². The fourth-order valence-corrected chi connectivity index (χ4v) is 2.05. The monoisotopic (exact) mass is 286 g/mol. The number of ether oxygens (including phenoxy) is 1. The fourth-order valence-electron chi connectivity index (χ4n) is 1.82. The van der Waals surface area contributed by atoms with Crippen molar-refractivity contribution in [2.75, 3.05) is 6.61 Å². The minimum Gasteiger partial charge on any atom is -0.493 e. The van der Waals surface area contributed by atoms with Crippen molar-refractivity contribution in [1.29, 1.82) is 0 Å². The van der Waals surface area contributed by atoms with E-state index < -0.39 is 0 Å². The molecule has 0 bridgehead atoms. The van der Waals surface area contributed by atoms with Gasteiger partial charge in [-0.1, -0.05) is 41.9 Å². The van der Waals surface area contributed by atoms with Gasteiger partial charge in [-0.15, -0.1) is 0 Å². The highest BCUT2D eigenvalue weighted by atomic mass is 35.5. The second kappa shape index (κ2) is 6.92. The highest BCUT2D eigenvalue weighted by Crippen LogP contribution is 2.21. The minimum absolute atomic E-state index is 0.123. The van der Waals surface area contributed by atoms with Crippen LogP contribution >= 0.6 is 11.6 Å². The minimum atomic E-state index is -0.123. The number of carbonyl (C=O) groups excluding carboxylic acids is 1. The molecule has 0 heterocycles. The van der Waals surface area contributed by atoms with Gasteiger partial charge in [-0.2, -0.15) is 0 Å². The van der Waals surface area contributed by atoms with E-state index >= 15 is 0 Å². The van der Waals surface area contributed by atoms with Crippen LogP contribution in [0.4, 0.5) is 0 Å². The molecular formula is C17H15ClO2. The van der Waals surface area contributed by atoms with Gasteiger partial charge in [0.05, 0.1) is 11.6 Å². The van der Waals surface area contributed by atoms with Crippen LogP contribution in [0.3, 0.4) is 0 Å². The number of halogens is 1. The zero-order valence-electron chi connectivity index (χ0n) is 11.2. The molecule has 102 valence electrons. The molecule has 0 aliphatic carbocycles. The van der Waals surface area contributed by atoms with Crippen LogP contribution in [-0.2, 0) is 0 Å². The van der Waals surface area contributed by atoms with E-state index in [0.717, 1.165) is 11.3 Å². The number of allylic oxidation sites excluding steroid dienone is 1. The molecule has 2 nitrogen and oxygen atoms in total. The summed E-state index contributed by atoms with van der Waals surface area (Å²) in [6.45, 7) is 2.51. The molecule has 3 heteroatoms. The van der Waals surface area contributed by atoms with Crippen LogP contribution in [0.5, 0.6) is 5.75 Å². The van der Waals surface area contributed by atoms with Crippen LogP contribution in [-0.4, -0.2) is 12.4 Å². The molecule has 2 aromatic rings. The third kappa shape index (κ3) is 3.49. The zero-order valence-corrected chi connectivity index (χ0v) is 11.9. The van der Waals surface area contributed by atoms with Crippen molar-refractivity contribution >= 4 is 23.5 Å². The van der Waals surface area contributed by atoms with Crippen molar-refractivity contribution in [3.8, 4) is 5.75 Å². The Balaban J connectivity index is 2.22. The second-order valence-corrected chi connectivity index (χ2v) is 4.56. The third-order valence-corrected chi connectivity index (χ3v) is 3.10. The van der Waals surface area contributed by atoms with Crippen molar-refractivity contribution < 1.29 is 9.53 Å². The Morgan fingerprint density at radius 3 is 2.60 bits per heavy atom. The lowest BCUT2D eigenvalue weighted by Gasteiger charge is -2.06. The van der Waals surface area contributed by atoms with Crippen molar-refractivity contribution in [2.45, 2.75) is 6.92 Å². The number of hydrogen-bond acceptors (Lipinski definition) is 2. The zero-order chi connectivity index (χ0) is 14.4. The third-order valence-electron chi connectivity index (χ3n) is 2.77. The second-order valence-electron chi connectivity index (χ2n) is 4.15. The van der Waals surface area contributed by atoms with E-state index in [1.165, 1.54) is 6.08 Å². The summed E-state index contributed by atoms with van der Waals surface area (Å²) < 4.78 is 5.51. The van der Waals surface area contributed by atoms with E-state index in [-0.39, 0.29) is 5.78 Å². The van der Waals surface area contributed by atoms with Crippen LogP contribution in [0, 0.1) is 0 Å². The Bertz CT molecular complexity index is 632. The molecule has 0 fully saturated rings. The Labute approximate surface area is 123 Å². The molecule has 2 rings (SSSR count). The Hall–Kier alpha value is -2.06. The summed E-state index contributed by atoms with van der Waals surface area (Å²) in [5, 5.41) is 0.459. The Morgan fingerprint density at radius 1 is 1.15 bits per heavy atom. The van der Waals surface area contributed by atoms with Gasteiger partial charge in [0.15, 0.2) is 5.78 Å². The smallest absolute Gasteiger partial charge is 0.187 e. The molecule has 0 amide bonds. The van der Waals surface area contributed by atoms with E-state index in [4.69, 9.17) is 16.3 Å². The molecule has 0 unspecified atom stereocenters. The lowest BCUT2D eigenvalue weighted by atomic mass is 10.1. The maximum Gasteiger partial charge on any atom is 0.187 e. The van der Waals surface area contributed by atoms with Crippen LogP contribution in [0.2, 0.25) is 5.02 Å². The lowest BCUT2D eigenvalue weighted by Crippen LogP contribution is -1.96. The van der Waals surface area contributed by atoms with Crippen molar-refractivity contribution in [2.24, 2.45) is 0 Å². The molecule has 0 aromatic heterocycles. The van der Waals surface area contributed by atoms with Crippen LogP contribution in [0.15, 0.2) is 54.6 Å². The van der Waals surface area contributed by atoms with Gasteiger partial charge in [0.1, 0.15) is 5.75 Å². The van der Waals surface area contributed by atoms with Gasteiger partial charge in [-0.3, -0.25) is 4.79 Å². The van der Waals surface area contributed by atoms with Crippen molar-refractivity contribution in [3.63, 3.8) is 0 Å². The van der Waals surface area contributed by atoms with E-state index in [9.17, 15) is 4.79 Å². The first-order valence-corrected chi connectivity index (χ1v) is 6.79. The van der Waals surface area contributed by atoms with Crippen molar-refractivity contribution in [1.82, 2.24) is 0 Å². The summed E-state index contributed by atoms with van der Waals surface area (Å²) in [7, 11) is 0. The fraction of sp³-hybridized carbons (Fsp3) is 0.118. The number of hydrogen-bond donors (Lipinski definition) is 0. The van der Waals surface area contributed by atoms with E-state index in [0.29, 0.717) is 17.2 Å². The Kier molecular flexibility index (Phi) is 4.97. The van der Waals surface area contributed by atoms with Gasteiger partial charge in [0.2, 0.25) is 0 Å². The normalized spacial score (nSPS) is 10.7. The number of para-hydroxylation sites is 1. The largest absolute Gasteiger partial charge is 0.493 e. The predicted octanol–water partition coefficient (Wildman–Crippen LogP) is 4.63. The van der Waals surface area contributed by atoms with Gasteiger partial charge < -0.3 is 4.74 Å². The van der Waals surface area contributed by atoms with Gasteiger partial charge in [0.25, 0.3) is 0 Å². The number of carbonyl (C=O) groups is 1. The molecular weight excluding hydrogens is 272 g/mol. The van der Waals surface area contributed by atoms with Crippen LogP contribution in [0.1, 0.15) is 22.8 Å². The van der Waals surface area contributed by atoms with Gasteiger partial charge in [-0.05, 0) is 37.3 Å². The molecule has 0 N–H and O–H groups in total. The SMILES string of the molecule is CCOc1ccccc1C=CC(=O)c1ccccc1Cl. The van der Waals surface area contributed by atoms with Gasteiger partial charge in [-0.25, -0.2) is 0 Å². The molecule has 20 heavy (non-hydrogen) atoms. The Morgan fingerprint density at radius 2 is 1.85 bits per heavy atom. The predicted molar refractivity (Wildman–Crippen MR) is 82.4 cm³/mol. The summed E-state index contributed by atoms with van der Waals surface area (Å²) in [6, 6.07) is 14.6. The summed E-state index contributed by atoms with van der Waals surface area (Å²) in [5.41, 5.74) is 1.37. The first-order valence-electron chi connectivity index (χ1n) is 6.41. The number of benzene rings is 2. The molecule has 0 spiro atoms. The maximum absolute atomic E-state index is 12.1. The maximum atomic E-state index is 12.1. The highest BCUT2D eigenvalue weighted by Gasteiger charge is 2.06. The van der Waals surface area contributed by atoms with Crippen LogP contribution in [0.25, 0.3) is 6.08 Å². The molecule has 0 atom stereocenters. The summed E-state index contributed by atoms with van der Waals surface area (Å²) in [6.07, 6.45) is 3.26. The quantitative estimate of drug-likeness (QED) is 0.591. The molecule has 0 saturated heterocycles. The molecule has 0 saturated carbocycles. The average Bonchev–Trinajstić information content (AvgIpc) is 2.47. The number of ketones is 1. The van der Waals surface area contributed by atoms with E-state index in [1.807, 2.05) is 31.2 Å². The van der Waals surface area contributed by atoms with Crippen LogP contribution < -0.4 is 4.74 Å². The first-order chi connectivity index (χ1) is 9.72. The van der Waals surface area contributed by atoms with Crippen molar-refractivity contribution in [3.05, 3.63) is 70.8 Å². The number of rotatable bonds is 5. The standard InChI is InChI=1S/C17H15ClO2/c1-2-20-17-10-6-3-7-13(17)11-12-16(19)14-8-4-5-9-15(14)18/h3-12H,2H2,1H3. The first kappa shape index (κ1) is 14.4. The molecule has 0 radical (unpaired) electrons. The summed E-state index contributed by atoms with van der Waals surface area (Å²) in [4.78, 5) is 12.1. The highest BCUT2D eigenvalue weighted by molar-refractivity contribution is 6.34. The summed E-state index contributed by atoms with van der Waals surface area (Å²) in [5.74, 6) is 0.639. The van der Waals surface area contributed by atoms with E-state index in [2.05, 4.69) is 0 Å². The molecule has 2 aromatic carbocycles. The van der Waals surface area contributed by atoms with E-state index in [1.54, 1.807) is 30.3 Å². The average molecular weight is 287 g/mol. The van der Waals surface area contributed by atoms with Gasteiger partial charge >= 0.3 is 0 Å².